The van der Waals surface area contributed by atoms with Crippen LogP contribution in [0.15, 0.2) is 35.4 Å². The third kappa shape index (κ3) is 2.27. The van der Waals surface area contributed by atoms with Crippen LogP contribution in [0.2, 0.25) is 0 Å². The molecule has 1 aliphatic carbocycles. The number of hydrogen-bond donors (Lipinski definition) is 1. The Bertz CT molecular complexity index is 619. The fourth-order valence-electron chi connectivity index (χ4n) is 2.30. The topological polar surface area (TPSA) is 55.0 Å². The van der Waals surface area contributed by atoms with Crippen LogP contribution < -0.4 is 10.3 Å². The van der Waals surface area contributed by atoms with Crippen LogP contribution in [0.5, 0.6) is 11.6 Å². The number of nitrogens with zero attached hydrogens (tertiary/aromatic N) is 1. The van der Waals surface area contributed by atoms with Gasteiger partial charge in [0, 0.05) is 0 Å². The van der Waals surface area contributed by atoms with E-state index in [2.05, 4.69) is 22.1 Å². The van der Waals surface area contributed by atoms with E-state index in [1.54, 1.807) is 0 Å². The van der Waals surface area contributed by atoms with Crippen molar-refractivity contribution in [2.75, 3.05) is 0 Å². The molecule has 1 aromatic heterocycles. The van der Waals surface area contributed by atoms with Crippen LogP contribution in [0.25, 0.3) is 0 Å². The zero-order valence-electron chi connectivity index (χ0n) is 9.98. The number of H-pyrrole nitrogens is 1. The Labute approximate surface area is 105 Å². The van der Waals surface area contributed by atoms with E-state index in [-0.39, 0.29) is 5.56 Å². The highest BCUT2D eigenvalue weighted by molar-refractivity contribution is 5.38. The number of benzene rings is 1. The van der Waals surface area contributed by atoms with Gasteiger partial charge in [0.1, 0.15) is 5.75 Å². The van der Waals surface area contributed by atoms with Crippen molar-refractivity contribution < 1.29 is 4.74 Å². The lowest BCUT2D eigenvalue weighted by atomic mass is 9.92. The summed E-state index contributed by atoms with van der Waals surface area (Å²) in [6.45, 7) is 0. The number of ether oxygens (including phenoxy) is 1. The standard InChI is InChI=1S/C14H14N2O2/c17-13-8-14(16-9-15-13)18-12-6-5-10-3-1-2-4-11(10)7-12/h5-9H,1-4H2,(H,15,16,17). The molecule has 0 atom stereocenters. The van der Waals surface area contributed by atoms with Gasteiger partial charge in [-0.1, -0.05) is 6.07 Å². The van der Waals surface area contributed by atoms with Crippen LogP contribution in [-0.4, -0.2) is 9.97 Å². The molecule has 18 heavy (non-hydrogen) atoms. The van der Waals surface area contributed by atoms with Gasteiger partial charge in [-0.05, 0) is 48.9 Å². The van der Waals surface area contributed by atoms with Gasteiger partial charge in [0.05, 0.1) is 12.4 Å². The highest BCUT2D eigenvalue weighted by Gasteiger charge is 2.10. The third-order valence-corrected chi connectivity index (χ3v) is 3.20. The van der Waals surface area contributed by atoms with Crippen molar-refractivity contribution in [3.8, 4) is 11.6 Å². The van der Waals surface area contributed by atoms with Crippen molar-refractivity contribution in [1.82, 2.24) is 9.97 Å². The molecule has 0 bridgehead atoms. The molecule has 0 amide bonds. The summed E-state index contributed by atoms with van der Waals surface area (Å²) in [4.78, 5) is 17.6. The molecule has 1 aromatic carbocycles. The summed E-state index contributed by atoms with van der Waals surface area (Å²) in [6, 6.07) is 7.45. The highest BCUT2D eigenvalue weighted by atomic mass is 16.5. The lowest BCUT2D eigenvalue weighted by Gasteiger charge is -2.16. The van der Waals surface area contributed by atoms with Crippen molar-refractivity contribution in [3.05, 3.63) is 52.1 Å². The van der Waals surface area contributed by atoms with E-state index in [1.807, 2.05) is 6.07 Å². The minimum atomic E-state index is -0.210. The molecule has 2 aromatic rings. The maximum Gasteiger partial charge on any atom is 0.254 e. The van der Waals surface area contributed by atoms with Gasteiger partial charge in [-0.3, -0.25) is 4.79 Å². The van der Waals surface area contributed by atoms with Crippen molar-refractivity contribution in [3.63, 3.8) is 0 Å². The van der Waals surface area contributed by atoms with Crippen LogP contribution >= 0.6 is 0 Å². The Morgan fingerprint density at radius 3 is 2.78 bits per heavy atom. The largest absolute Gasteiger partial charge is 0.439 e. The zero-order chi connectivity index (χ0) is 12.4. The highest BCUT2D eigenvalue weighted by Crippen LogP contribution is 2.27. The predicted molar refractivity (Wildman–Crippen MR) is 68.0 cm³/mol. The van der Waals surface area contributed by atoms with E-state index in [0.29, 0.717) is 5.88 Å². The Morgan fingerprint density at radius 1 is 1.11 bits per heavy atom. The molecule has 0 aliphatic heterocycles. The fraction of sp³-hybridized carbons (Fsp3) is 0.286. The van der Waals surface area contributed by atoms with Crippen LogP contribution in [-0.2, 0) is 12.8 Å². The normalized spacial score (nSPS) is 14.0. The second-order valence-electron chi connectivity index (χ2n) is 4.49. The van der Waals surface area contributed by atoms with Crippen molar-refractivity contribution >= 4 is 0 Å². The SMILES string of the molecule is O=c1cc(Oc2ccc3c(c2)CCCC3)nc[nH]1. The average Bonchev–Trinajstić information content (AvgIpc) is 2.39. The molecule has 3 rings (SSSR count). The van der Waals surface area contributed by atoms with E-state index in [1.165, 1.54) is 36.4 Å². The van der Waals surface area contributed by atoms with Crippen LogP contribution in [0.3, 0.4) is 0 Å². The maximum atomic E-state index is 11.1. The smallest absolute Gasteiger partial charge is 0.254 e. The fourth-order valence-corrected chi connectivity index (χ4v) is 2.30. The molecule has 0 spiro atoms. The Morgan fingerprint density at radius 2 is 1.94 bits per heavy atom. The van der Waals surface area contributed by atoms with Gasteiger partial charge in [0.15, 0.2) is 0 Å². The summed E-state index contributed by atoms with van der Waals surface area (Å²) < 4.78 is 5.59. The van der Waals surface area contributed by atoms with Gasteiger partial charge in [-0.25, -0.2) is 4.98 Å². The minimum Gasteiger partial charge on any atom is -0.439 e. The lowest BCUT2D eigenvalue weighted by molar-refractivity contribution is 0.459. The number of aromatic nitrogens is 2. The van der Waals surface area contributed by atoms with Crippen LogP contribution in [0.4, 0.5) is 0 Å². The van der Waals surface area contributed by atoms with E-state index < -0.39 is 0 Å². The molecular weight excluding hydrogens is 228 g/mol. The van der Waals surface area contributed by atoms with Gasteiger partial charge >= 0.3 is 0 Å². The summed E-state index contributed by atoms with van der Waals surface area (Å²) in [5.41, 5.74) is 2.55. The molecule has 92 valence electrons. The van der Waals surface area contributed by atoms with Gasteiger partial charge in [-0.2, -0.15) is 0 Å². The Kier molecular flexibility index (Phi) is 2.84. The zero-order valence-corrected chi connectivity index (χ0v) is 9.98. The van der Waals surface area contributed by atoms with E-state index in [4.69, 9.17) is 4.74 Å². The molecule has 1 N–H and O–H groups in total. The second kappa shape index (κ2) is 4.64. The van der Waals surface area contributed by atoms with Crippen molar-refractivity contribution in [2.45, 2.75) is 25.7 Å². The van der Waals surface area contributed by atoms with Gasteiger partial charge < -0.3 is 9.72 Å². The summed E-state index contributed by atoms with van der Waals surface area (Å²) in [7, 11) is 0. The van der Waals surface area contributed by atoms with Crippen LogP contribution in [0, 0.1) is 0 Å². The number of fused-ring (bicyclic) bond motifs is 1. The van der Waals surface area contributed by atoms with Crippen molar-refractivity contribution in [2.24, 2.45) is 0 Å². The average molecular weight is 242 g/mol. The number of aryl methyl sites for hydroxylation is 2. The number of nitrogens with one attached hydrogen (secondary N) is 1. The first-order valence-electron chi connectivity index (χ1n) is 6.16. The molecule has 1 heterocycles. The van der Waals surface area contributed by atoms with E-state index in [9.17, 15) is 4.79 Å². The third-order valence-electron chi connectivity index (χ3n) is 3.20. The molecule has 0 fully saturated rings. The van der Waals surface area contributed by atoms with Crippen molar-refractivity contribution in [1.29, 1.82) is 0 Å². The first kappa shape index (κ1) is 11.0. The number of aromatic amines is 1. The summed E-state index contributed by atoms with van der Waals surface area (Å²) in [5, 5.41) is 0. The van der Waals surface area contributed by atoms with Gasteiger partial charge in [0.2, 0.25) is 5.88 Å². The van der Waals surface area contributed by atoms with Gasteiger partial charge in [-0.15, -0.1) is 0 Å². The summed E-state index contributed by atoms with van der Waals surface area (Å²) >= 11 is 0. The summed E-state index contributed by atoms with van der Waals surface area (Å²) in [6.07, 6.45) is 6.10. The molecule has 0 radical (unpaired) electrons. The predicted octanol–water partition coefficient (Wildman–Crippen LogP) is 2.44. The lowest BCUT2D eigenvalue weighted by Crippen LogP contribution is -2.05. The second-order valence-corrected chi connectivity index (χ2v) is 4.49. The quantitative estimate of drug-likeness (QED) is 0.880. The molecular formula is C14H14N2O2. The summed E-state index contributed by atoms with van der Waals surface area (Å²) in [5.74, 6) is 1.07. The molecule has 0 unspecified atom stereocenters. The monoisotopic (exact) mass is 242 g/mol. The molecule has 4 heteroatoms. The van der Waals surface area contributed by atoms with E-state index >= 15 is 0 Å². The maximum absolute atomic E-state index is 11.1. The molecule has 4 nitrogen and oxygen atoms in total. The Hall–Kier alpha value is -2.10. The molecule has 1 aliphatic rings. The first-order chi connectivity index (χ1) is 8.81. The van der Waals surface area contributed by atoms with Crippen LogP contribution in [0.1, 0.15) is 24.0 Å². The number of hydrogen-bond acceptors (Lipinski definition) is 3. The van der Waals surface area contributed by atoms with E-state index in [0.717, 1.165) is 18.6 Å². The molecule has 0 saturated carbocycles. The minimum absolute atomic E-state index is 0.210. The number of rotatable bonds is 2. The molecule has 0 saturated heterocycles. The first-order valence-corrected chi connectivity index (χ1v) is 6.16. The van der Waals surface area contributed by atoms with Gasteiger partial charge in [0.25, 0.3) is 5.56 Å². The Balaban J connectivity index is 1.87.